The molecule has 5 heteroatoms. The molecule has 0 aromatic heterocycles. The van der Waals surface area contributed by atoms with Gasteiger partial charge in [0, 0.05) is 18.9 Å². The van der Waals surface area contributed by atoms with E-state index < -0.39 is 11.6 Å². The van der Waals surface area contributed by atoms with Gasteiger partial charge in [-0.3, -0.25) is 9.59 Å². The third-order valence-electron chi connectivity index (χ3n) is 6.01. The minimum atomic E-state index is -0.746. The molecule has 1 fully saturated rings. The maximum atomic E-state index is 13.3. The van der Waals surface area contributed by atoms with Crippen LogP contribution in [0.15, 0.2) is 54.6 Å². The summed E-state index contributed by atoms with van der Waals surface area (Å²) in [6, 6.07) is 17.4. The fourth-order valence-electron chi connectivity index (χ4n) is 4.63. The number of amides is 2. The van der Waals surface area contributed by atoms with Gasteiger partial charge in [-0.2, -0.15) is 0 Å². The largest absolute Gasteiger partial charge is 0.468 e. The van der Waals surface area contributed by atoms with Crippen molar-refractivity contribution < 1.29 is 14.3 Å². The molecule has 4 atom stereocenters. The fraction of sp³-hybridized carbons (Fsp3) is 0.391. The summed E-state index contributed by atoms with van der Waals surface area (Å²) in [4.78, 5) is 28.3. The van der Waals surface area contributed by atoms with Gasteiger partial charge < -0.3 is 15.0 Å². The molecule has 1 saturated heterocycles. The van der Waals surface area contributed by atoms with Crippen molar-refractivity contribution in [1.29, 1.82) is 0 Å². The molecule has 2 aliphatic heterocycles. The summed E-state index contributed by atoms with van der Waals surface area (Å²) in [5.74, 6) is -0.546. The number of hydrogen-bond donors (Lipinski definition) is 1. The second-order valence-electron chi connectivity index (χ2n) is 7.83. The van der Waals surface area contributed by atoms with Crippen molar-refractivity contribution in [3.8, 4) is 5.75 Å². The Morgan fingerprint density at radius 2 is 1.89 bits per heavy atom. The van der Waals surface area contributed by atoms with Crippen molar-refractivity contribution in [2.45, 2.75) is 44.9 Å². The number of carbonyl (C=O) groups excluding carboxylic acids is 2. The number of carbonyl (C=O) groups is 2. The third-order valence-corrected chi connectivity index (χ3v) is 6.01. The van der Waals surface area contributed by atoms with Crippen LogP contribution in [0, 0.1) is 5.92 Å². The summed E-state index contributed by atoms with van der Waals surface area (Å²) in [6.07, 6.45) is 0.612. The molecule has 0 spiro atoms. The van der Waals surface area contributed by atoms with E-state index in [2.05, 4.69) is 5.32 Å². The first-order valence-electron chi connectivity index (χ1n) is 9.89. The molecule has 2 aliphatic rings. The first-order chi connectivity index (χ1) is 13.4. The highest BCUT2D eigenvalue weighted by Gasteiger charge is 2.55. The number of ether oxygens (including phenoxy) is 1. The van der Waals surface area contributed by atoms with E-state index in [9.17, 15) is 9.59 Å². The Labute approximate surface area is 165 Å². The van der Waals surface area contributed by atoms with Crippen LogP contribution in [0.5, 0.6) is 5.75 Å². The summed E-state index contributed by atoms with van der Waals surface area (Å²) in [7, 11) is 0. The molecular formula is C23H26N2O3. The summed E-state index contributed by atoms with van der Waals surface area (Å²) in [5.41, 5.74) is 1.24. The average molecular weight is 378 g/mol. The molecule has 2 aromatic rings. The van der Waals surface area contributed by atoms with Gasteiger partial charge in [0.25, 0.3) is 0 Å². The molecule has 146 valence electrons. The lowest BCUT2D eigenvalue weighted by Crippen LogP contribution is -2.64. The third kappa shape index (κ3) is 2.95. The Morgan fingerprint density at radius 3 is 2.61 bits per heavy atom. The summed E-state index contributed by atoms with van der Waals surface area (Å²) in [5, 5.41) is 3.06. The number of hydrogen-bond acceptors (Lipinski definition) is 3. The van der Waals surface area contributed by atoms with Crippen LogP contribution in [0.3, 0.4) is 0 Å². The predicted molar refractivity (Wildman–Crippen MR) is 107 cm³/mol. The minimum absolute atomic E-state index is 0.159. The zero-order valence-electron chi connectivity index (χ0n) is 16.5. The second kappa shape index (κ2) is 6.97. The van der Waals surface area contributed by atoms with Gasteiger partial charge in [0.15, 0.2) is 5.72 Å². The lowest BCUT2D eigenvalue weighted by molar-refractivity contribution is -0.175. The van der Waals surface area contributed by atoms with E-state index in [4.69, 9.17) is 4.74 Å². The van der Waals surface area contributed by atoms with Crippen LogP contribution in [0.1, 0.15) is 50.3 Å². The first-order valence-corrected chi connectivity index (χ1v) is 9.89. The van der Waals surface area contributed by atoms with E-state index in [1.165, 1.54) is 0 Å². The molecule has 0 aliphatic carbocycles. The Kier molecular flexibility index (Phi) is 4.61. The zero-order valence-corrected chi connectivity index (χ0v) is 16.5. The Morgan fingerprint density at radius 1 is 1.21 bits per heavy atom. The number of para-hydroxylation sites is 1. The standard InChI is InChI=1S/C23H26N2O3/c1-4-25-22(27)20(21(26)24-15(2)16-10-6-5-7-11-16)18-14-23(25,3)28-19-13-9-8-12-17(18)19/h5-13,15,18,20H,4,14H2,1-3H3,(H,24,26)/t15-,18-,20+,23+/m0/s1. The number of piperidine rings is 1. The van der Waals surface area contributed by atoms with E-state index in [1.807, 2.05) is 75.4 Å². The van der Waals surface area contributed by atoms with Crippen LogP contribution in [0.25, 0.3) is 0 Å². The minimum Gasteiger partial charge on any atom is -0.468 e. The normalized spacial score (nSPS) is 26.8. The van der Waals surface area contributed by atoms with E-state index in [-0.39, 0.29) is 23.8 Å². The SMILES string of the molecule is CCN1C(=O)[C@@H](C(=O)N[C@@H](C)c2ccccc2)[C@H]2C[C@@]1(C)Oc1ccccc12. The molecule has 0 unspecified atom stereocenters. The molecule has 4 rings (SSSR count). The van der Waals surface area contributed by atoms with E-state index in [0.717, 1.165) is 16.9 Å². The van der Waals surface area contributed by atoms with Gasteiger partial charge in [0.1, 0.15) is 11.7 Å². The van der Waals surface area contributed by atoms with E-state index in [0.29, 0.717) is 13.0 Å². The second-order valence-corrected chi connectivity index (χ2v) is 7.83. The van der Waals surface area contributed by atoms with Gasteiger partial charge in [-0.25, -0.2) is 0 Å². The average Bonchev–Trinajstić information content (AvgIpc) is 2.68. The number of nitrogens with one attached hydrogen (secondary N) is 1. The van der Waals surface area contributed by atoms with Gasteiger partial charge in [-0.15, -0.1) is 0 Å². The molecule has 2 bridgehead atoms. The van der Waals surface area contributed by atoms with Crippen LogP contribution < -0.4 is 10.1 Å². The van der Waals surface area contributed by atoms with Crippen LogP contribution in [-0.4, -0.2) is 29.0 Å². The molecule has 2 amide bonds. The van der Waals surface area contributed by atoms with Crippen molar-refractivity contribution in [2.75, 3.05) is 6.54 Å². The Bertz CT molecular complexity index is 898. The number of fused-ring (bicyclic) bond motifs is 4. The predicted octanol–water partition coefficient (Wildman–Crippen LogP) is 3.62. The molecule has 1 N–H and O–H groups in total. The quantitative estimate of drug-likeness (QED) is 0.827. The van der Waals surface area contributed by atoms with E-state index >= 15 is 0 Å². The molecule has 2 aromatic carbocycles. The van der Waals surface area contributed by atoms with Gasteiger partial charge in [0.05, 0.1) is 6.04 Å². The van der Waals surface area contributed by atoms with Gasteiger partial charge in [-0.1, -0.05) is 48.5 Å². The topological polar surface area (TPSA) is 58.6 Å². The summed E-state index contributed by atoms with van der Waals surface area (Å²) >= 11 is 0. The van der Waals surface area contributed by atoms with Gasteiger partial charge in [-0.05, 0) is 38.0 Å². The smallest absolute Gasteiger partial charge is 0.238 e. The highest BCUT2D eigenvalue weighted by atomic mass is 16.5. The number of rotatable bonds is 4. The van der Waals surface area contributed by atoms with Crippen molar-refractivity contribution in [2.24, 2.45) is 5.92 Å². The van der Waals surface area contributed by atoms with Crippen molar-refractivity contribution in [3.63, 3.8) is 0 Å². The maximum Gasteiger partial charge on any atom is 0.238 e. The Balaban J connectivity index is 1.68. The Hall–Kier alpha value is -2.82. The molecule has 28 heavy (non-hydrogen) atoms. The van der Waals surface area contributed by atoms with Crippen LogP contribution >= 0.6 is 0 Å². The highest BCUT2D eigenvalue weighted by molar-refractivity contribution is 6.02. The highest BCUT2D eigenvalue weighted by Crippen LogP contribution is 2.50. The monoisotopic (exact) mass is 378 g/mol. The van der Waals surface area contributed by atoms with E-state index in [1.54, 1.807) is 4.90 Å². The molecular weight excluding hydrogens is 352 g/mol. The number of benzene rings is 2. The molecule has 0 radical (unpaired) electrons. The number of nitrogens with zero attached hydrogens (tertiary/aromatic N) is 1. The van der Waals surface area contributed by atoms with Crippen LogP contribution in [-0.2, 0) is 9.59 Å². The van der Waals surface area contributed by atoms with Gasteiger partial charge in [0.2, 0.25) is 11.8 Å². The fourth-order valence-corrected chi connectivity index (χ4v) is 4.63. The van der Waals surface area contributed by atoms with Gasteiger partial charge >= 0.3 is 0 Å². The van der Waals surface area contributed by atoms with Crippen LogP contribution in [0.4, 0.5) is 0 Å². The summed E-state index contributed by atoms with van der Waals surface area (Å²) < 4.78 is 6.22. The molecule has 2 heterocycles. The lowest BCUT2D eigenvalue weighted by atomic mass is 9.73. The molecule has 0 saturated carbocycles. The zero-order chi connectivity index (χ0) is 19.9. The van der Waals surface area contributed by atoms with Crippen LogP contribution in [0.2, 0.25) is 0 Å². The maximum absolute atomic E-state index is 13.3. The van der Waals surface area contributed by atoms with Crippen molar-refractivity contribution in [3.05, 3.63) is 65.7 Å². The summed E-state index contributed by atoms with van der Waals surface area (Å²) in [6.45, 7) is 6.31. The first kappa shape index (κ1) is 18.5. The van der Waals surface area contributed by atoms with Crippen molar-refractivity contribution in [1.82, 2.24) is 10.2 Å². The lowest BCUT2D eigenvalue weighted by Gasteiger charge is -2.52. The number of likely N-dealkylation sites (tertiary alicyclic amines) is 1. The van der Waals surface area contributed by atoms with Crippen molar-refractivity contribution >= 4 is 11.8 Å². The molecule has 5 nitrogen and oxygen atoms in total.